The van der Waals surface area contributed by atoms with E-state index in [4.69, 9.17) is 9.47 Å². The Labute approximate surface area is 164 Å². The van der Waals surface area contributed by atoms with Gasteiger partial charge in [0.1, 0.15) is 0 Å². The molecule has 1 aromatic rings. The molecule has 3 fully saturated rings. The van der Waals surface area contributed by atoms with Crippen molar-refractivity contribution < 1.29 is 9.47 Å². The lowest BCUT2D eigenvalue weighted by molar-refractivity contribution is -0.204. The van der Waals surface area contributed by atoms with Crippen LogP contribution in [0.3, 0.4) is 0 Å². The first kappa shape index (κ1) is 19.3. The van der Waals surface area contributed by atoms with Gasteiger partial charge in [-0.15, -0.1) is 0 Å². The minimum atomic E-state index is 0.322. The molecule has 0 bridgehead atoms. The third-order valence-electron chi connectivity index (χ3n) is 6.99. The molecule has 27 heavy (non-hydrogen) atoms. The van der Waals surface area contributed by atoms with Crippen molar-refractivity contribution in [2.24, 2.45) is 0 Å². The number of likely N-dealkylation sites (tertiary alicyclic amines) is 2. The van der Waals surface area contributed by atoms with Crippen molar-refractivity contribution in [3.63, 3.8) is 0 Å². The fourth-order valence-electron chi connectivity index (χ4n) is 5.51. The van der Waals surface area contributed by atoms with E-state index in [9.17, 15) is 0 Å². The first-order valence-electron chi connectivity index (χ1n) is 10.8. The summed E-state index contributed by atoms with van der Waals surface area (Å²) < 4.78 is 11.4. The zero-order valence-corrected chi connectivity index (χ0v) is 16.8. The molecule has 2 saturated heterocycles. The Kier molecular flexibility index (Phi) is 6.43. The molecule has 150 valence electrons. The summed E-state index contributed by atoms with van der Waals surface area (Å²) in [5.41, 5.74) is 1.65. The van der Waals surface area contributed by atoms with Crippen molar-refractivity contribution in [1.29, 1.82) is 0 Å². The molecule has 0 radical (unpaired) electrons. The van der Waals surface area contributed by atoms with Gasteiger partial charge in [0.2, 0.25) is 0 Å². The zero-order chi connectivity index (χ0) is 18.5. The quantitative estimate of drug-likeness (QED) is 0.687. The first-order valence-corrected chi connectivity index (χ1v) is 10.8. The number of ether oxygens (including phenoxy) is 2. The van der Waals surface area contributed by atoms with Crippen molar-refractivity contribution in [3.05, 3.63) is 30.1 Å². The number of piperidine rings is 1. The summed E-state index contributed by atoms with van der Waals surface area (Å²) in [4.78, 5) is 9.68. The van der Waals surface area contributed by atoms with E-state index in [1.807, 2.05) is 18.5 Å². The standard InChI is InChI=1S/C22H35N3O2/c1-26-14-15-27-21-18-25(22(21)9-3-2-4-10-22)20-7-12-24(13-8-20)17-19-6-5-11-23-16-19/h5-6,11,16,20-21H,2-4,7-10,12-15,17-18H2,1H3. The van der Waals surface area contributed by atoms with Crippen LogP contribution in [0.5, 0.6) is 0 Å². The number of methoxy groups -OCH3 is 1. The van der Waals surface area contributed by atoms with Crippen molar-refractivity contribution >= 4 is 0 Å². The Bertz CT molecular complexity index is 568. The summed E-state index contributed by atoms with van der Waals surface area (Å²) in [6.07, 6.45) is 13.6. The third-order valence-corrected chi connectivity index (χ3v) is 6.99. The second-order valence-electron chi connectivity index (χ2n) is 8.54. The molecule has 0 N–H and O–H groups in total. The van der Waals surface area contributed by atoms with Crippen LogP contribution in [0.15, 0.2) is 24.5 Å². The highest BCUT2D eigenvalue weighted by atomic mass is 16.5. The van der Waals surface area contributed by atoms with Gasteiger partial charge in [0.05, 0.1) is 19.3 Å². The zero-order valence-electron chi connectivity index (χ0n) is 16.8. The second kappa shape index (κ2) is 8.99. The lowest BCUT2D eigenvalue weighted by Gasteiger charge is -2.63. The first-order chi connectivity index (χ1) is 13.3. The van der Waals surface area contributed by atoms with Crippen LogP contribution in [0.4, 0.5) is 0 Å². The number of hydrogen-bond donors (Lipinski definition) is 0. The van der Waals surface area contributed by atoms with Gasteiger partial charge in [0.25, 0.3) is 0 Å². The fourth-order valence-corrected chi connectivity index (χ4v) is 5.51. The maximum Gasteiger partial charge on any atom is 0.0886 e. The summed E-state index contributed by atoms with van der Waals surface area (Å²) in [5.74, 6) is 0. The van der Waals surface area contributed by atoms with Gasteiger partial charge in [-0.2, -0.15) is 0 Å². The summed E-state index contributed by atoms with van der Waals surface area (Å²) >= 11 is 0. The lowest BCUT2D eigenvalue weighted by atomic mass is 9.69. The molecule has 1 saturated carbocycles. The van der Waals surface area contributed by atoms with Gasteiger partial charge < -0.3 is 9.47 Å². The molecule has 2 aliphatic heterocycles. The Morgan fingerprint density at radius 1 is 1.15 bits per heavy atom. The van der Waals surface area contributed by atoms with Gasteiger partial charge in [0.15, 0.2) is 0 Å². The highest BCUT2D eigenvalue weighted by Gasteiger charge is 2.56. The monoisotopic (exact) mass is 373 g/mol. The van der Waals surface area contributed by atoms with Gasteiger partial charge in [0, 0.05) is 44.2 Å². The van der Waals surface area contributed by atoms with Crippen molar-refractivity contribution in [3.8, 4) is 0 Å². The van der Waals surface area contributed by atoms with Gasteiger partial charge in [-0.05, 0) is 50.4 Å². The Morgan fingerprint density at radius 3 is 2.67 bits per heavy atom. The van der Waals surface area contributed by atoms with Crippen LogP contribution in [0.2, 0.25) is 0 Å². The summed E-state index contributed by atoms with van der Waals surface area (Å²) in [7, 11) is 1.76. The molecule has 4 rings (SSSR count). The molecule has 1 aliphatic carbocycles. The van der Waals surface area contributed by atoms with Crippen LogP contribution in [-0.4, -0.2) is 72.4 Å². The minimum absolute atomic E-state index is 0.322. The predicted molar refractivity (Wildman–Crippen MR) is 107 cm³/mol. The van der Waals surface area contributed by atoms with Crippen molar-refractivity contribution in [2.45, 2.75) is 69.2 Å². The summed E-state index contributed by atoms with van der Waals surface area (Å²) in [6, 6.07) is 4.96. The van der Waals surface area contributed by atoms with E-state index in [0.717, 1.165) is 25.7 Å². The largest absolute Gasteiger partial charge is 0.382 e. The molecular weight excluding hydrogens is 338 g/mol. The maximum atomic E-state index is 6.25. The smallest absolute Gasteiger partial charge is 0.0886 e. The fraction of sp³-hybridized carbons (Fsp3) is 0.773. The molecule has 1 spiro atoms. The maximum absolute atomic E-state index is 6.25. The van der Waals surface area contributed by atoms with E-state index in [-0.39, 0.29) is 0 Å². The second-order valence-corrected chi connectivity index (χ2v) is 8.54. The van der Waals surface area contributed by atoms with Crippen LogP contribution in [0.25, 0.3) is 0 Å². The Hall–Kier alpha value is -1.01. The molecule has 0 aromatic carbocycles. The lowest BCUT2D eigenvalue weighted by Crippen LogP contribution is -2.75. The molecule has 5 heteroatoms. The average molecular weight is 374 g/mol. The molecule has 1 aromatic heterocycles. The number of pyridine rings is 1. The van der Waals surface area contributed by atoms with E-state index in [0.29, 0.717) is 18.2 Å². The van der Waals surface area contributed by atoms with Crippen molar-refractivity contribution in [2.75, 3.05) is 40.0 Å². The summed E-state index contributed by atoms with van der Waals surface area (Å²) in [6.45, 7) is 5.99. The minimum Gasteiger partial charge on any atom is -0.382 e. The van der Waals surface area contributed by atoms with E-state index < -0.39 is 0 Å². The van der Waals surface area contributed by atoms with E-state index in [1.165, 1.54) is 63.6 Å². The van der Waals surface area contributed by atoms with Gasteiger partial charge >= 0.3 is 0 Å². The molecule has 3 aliphatic rings. The molecule has 3 heterocycles. The SMILES string of the molecule is COCCOC1CN(C2CCN(Cc3cccnc3)CC2)C12CCCCC2. The van der Waals surface area contributed by atoms with Gasteiger partial charge in [-0.3, -0.25) is 14.8 Å². The highest BCUT2D eigenvalue weighted by molar-refractivity contribution is 5.12. The Morgan fingerprint density at radius 2 is 1.96 bits per heavy atom. The number of rotatable bonds is 7. The van der Waals surface area contributed by atoms with E-state index >= 15 is 0 Å². The molecule has 5 nitrogen and oxygen atoms in total. The van der Waals surface area contributed by atoms with E-state index in [1.54, 1.807) is 7.11 Å². The molecular formula is C22H35N3O2. The number of aromatic nitrogens is 1. The van der Waals surface area contributed by atoms with Crippen LogP contribution in [-0.2, 0) is 16.0 Å². The normalized spacial score (nSPS) is 26.9. The van der Waals surface area contributed by atoms with Crippen LogP contribution in [0, 0.1) is 0 Å². The van der Waals surface area contributed by atoms with Gasteiger partial charge in [-0.25, -0.2) is 0 Å². The molecule has 1 atom stereocenters. The summed E-state index contributed by atoms with van der Waals surface area (Å²) in [5, 5.41) is 0. The highest BCUT2D eigenvalue weighted by Crippen LogP contribution is 2.47. The number of hydrogen-bond acceptors (Lipinski definition) is 5. The third kappa shape index (κ3) is 4.21. The van der Waals surface area contributed by atoms with Crippen LogP contribution < -0.4 is 0 Å². The topological polar surface area (TPSA) is 37.8 Å². The Balaban J connectivity index is 1.32. The van der Waals surface area contributed by atoms with Gasteiger partial charge in [-0.1, -0.05) is 25.3 Å². The van der Waals surface area contributed by atoms with Crippen LogP contribution >= 0.6 is 0 Å². The molecule has 1 unspecified atom stereocenters. The van der Waals surface area contributed by atoms with Crippen molar-refractivity contribution in [1.82, 2.24) is 14.8 Å². The average Bonchev–Trinajstić information content (AvgIpc) is 2.72. The van der Waals surface area contributed by atoms with Crippen LogP contribution in [0.1, 0.15) is 50.5 Å². The van der Waals surface area contributed by atoms with E-state index in [2.05, 4.69) is 20.9 Å². The predicted octanol–water partition coefficient (Wildman–Crippen LogP) is 3.10. The number of nitrogens with zero attached hydrogens (tertiary/aromatic N) is 3. The molecule has 0 amide bonds.